The van der Waals surface area contributed by atoms with Gasteiger partial charge in [-0.2, -0.15) is 5.26 Å². The summed E-state index contributed by atoms with van der Waals surface area (Å²) in [6.07, 6.45) is 2.97. The van der Waals surface area contributed by atoms with Gasteiger partial charge in [0.1, 0.15) is 6.17 Å². The van der Waals surface area contributed by atoms with Gasteiger partial charge in [0.15, 0.2) is 0 Å². The van der Waals surface area contributed by atoms with E-state index in [0.29, 0.717) is 17.1 Å². The number of carbonyl (C=O) groups excluding carboxylic acids is 1. The van der Waals surface area contributed by atoms with Crippen LogP contribution < -0.4 is 16.0 Å². The molecule has 1 aromatic carbocycles. The van der Waals surface area contributed by atoms with E-state index >= 15 is 0 Å². The summed E-state index contributed by atoms with van der Waals surface area (Å²) in [5.41, 5.74) is 0.929. The Labute approximate surface area is 169 Å². The molecule has 8 heteroatoms. The largest absolute Gasteiger partial charge is 0.350 e. The fraction of sp³-hybridized carbons (Fsp3) is 0.300. The second-order valence-electron chi connectivity index (χ2n) is 7.16. The predicted molar refractivity (Wildman–Crippen MR) is 109 cm³/mol. The molecule has 2 rings (SSSR count). The minimum Gasteiger partial charge on any atom is -0.350 e. The summed E-state index contributed by atoms with van der Waals surface area (Å²) < 4.78 is 0. The van der Waals surface area contributed by atoms with Crippen molar-refractivity contribution in [3.63, 3.8) is 0 Å². The van der Waals surface area contributed by atoms with E-state index in [4.69, 9.17) is 16.9 Å². The molecule has 0 fully saturated rings. The number of rotatable bonds is 5. The molecular formula is C20H23ClN6O. The predicted octanol–water partition coefficient (Wildman–Crippen LogP) is 3.05. The molecule has 1 aromatic heterocycles. The first kappa shape index (κ1) is 21.2. The quantitative estimate of drug-likeness (QED) is 0.311. The SMILES string of the molecule is CC(C)(C)C(NC(=O)c1ccc(Cl)cc1)N/C(=N/C#N)NCc1ccccn1. The maximum absolute atomic E-state index is 12.6. The van der Waals surface area contributed by atoms with Gasteiger partial charge >= 0.3 is 0 Å². The number of amides is 1. The number of hydrogen-bond donors (Lipinski definition) is 3. The van der Waals surface area contributed by atoms with Gasteiger partial charge in [-0.15, -0.1) is 4.99 Å². The minimum absolute atomic E-state index is 0.254. The molecule has 0 aliphatic carbocycles. The lowest BCUT2D eigenvalue weighted by Gasteiger charge is -2.33. The van der Waals surface area contributed by atoms with Crippen LogP contribution in [0.15, 0.2) is 53.7 Å². The van der Waals surface area contributed by atoms with Crippen molar-refractivity contribution in [3.05, 3.63) is 64.9 Å². The van der Waals surface area contributed by atoms with E-state index in [0.717, 1.165) is 5.69 Å². The zero-order valence-electron chi connectivity index (χ0n) is 16.0. The fourth-order valence-electron chi connectivity index (χ4n) is 2.27. The van der Waals surface area contributed by atoms with Crippen molar-refractivity contribution < 1.29 is 4.79 Å². The molecule has 1 atom stereocenters. The maximum atomic E-state index is 12.6. The molecule has 0 saturated carbocycles. The highest BCUT2D eigenvalue weighted by atomic mass is 35.5. The van der Waals surface area contributed by atoms with E-state index in [2.05, 4.69) is 25.9 Å². The van der Waals surface area contributed by atoms with Gasteiger partial charge in [0, 0.05) is 22.2 Å². The van der Waals surface area contributed by atoms with Crippen LogP contribution in [0.3, 0.4) is 0 Å². The van der Waals surface area contributed by atoms with Crippen molar-refractivity contribution in [2.24, 2.45) is 10.4 Å². The molecule has 1 unspecified atom stereocenters. The summed E-state index contributed by atoms with van der Waals surface area (Å²) >= 11 is 5.88. The highest BCUT2D eigenvalue weighted by Crippen LogP contribution is 2.18. The molecule has 146 valence electrons. The molecule has 0 spiro atoms. The number of nitriles is 1. The third-order valence-electron chi connectivity index (χ3n) is 3.85. The van der Waals surface area contributed by atoms with E-state index in [-0.39, 0.29) is 17.3 Å². The lowest BCUT2D eigenvalue weighted by molar-refractivity contribution is 0.0894. The highest BCUT2D eigenvalue weighted by molar-refractivity contribution is 6.30. The van der Waals surface area contributed by atoms with Crippen LogP contribution in [0.4, 0.5) is 0 Å². The Morgan fingerprint density at radius 2 is 1.93 bits per heavy atom. The van der Waals surface area contributed by atoms with Crippen LogP contribution in [-0.2, 0) is 6.54 Å². The number of aromatic nitrogens is 1. The highest BCUT2D eigenvalue weighted by Gasteiger charge is 2.27. The first-order chi connectivity index (χ1) is 13.3. The maximum Gasteiger partial charge on any atom is 0.252 e. The van der Waals surface area contributed by atoms with E-state index in [1.165, 1.54) is 0 Å². The number of nitrogens with zero attached hydrogens (tertiary/aromatic N) is 3. The second-order valence-corrected chi connectivity index (χ2v) is 7.60. The molecule has 2 aromatic rings. The number of benzene rings is 1. The normalized spacial score (nSPS) is 12.6. The lowest BCUT2D eigenvalue weighted by Crippen LogP contribution is -2.57. The molecular weight excluding hydrogens is 376 g/mol. The number of hydrogen-bond acceptors (Lipinski definition) is 4. The first-order valence-corrected chi connectivity index (χ1v) is 9.11. The van der Waals surface area contributed by atoms with E-state index in [1.54, 1.807) is 36.7 Å². The van der Waals surface area contributed by atoms with Crippen molar-refractivity contribution in [2.75, 3.05) is 0 Å². The Balaban J connectivity index is 2.10. The number of nitrogens with one attached hydrogen (secondary N) is 3. The summed E-state index contributed by atoms with van der Waals surface area (Å²) in [6.45, 7) is 6.29. The Hall–Kier alpha value is -3.11. The molecule has 7 nitrogen and oxygen atoms in total. The standard InChI is InChI=1S/C20H23ClN6O/c1-20(2,3)18(26-17(28)14-7-9-15(21)10-8-14)27-19(25-13-22)24-12-16-6-4-5-11-23-16/h4-11,18H,12H2,1-3H3,(H,26,28)(H2,24,25,27). The minimum atomic E-state index is -0.487. The zero-order valence-corrected chi connectivity index (χ0v) is 16.8. The number of guanidine groups is 1. The molecule has 28 heavy (non-hydrogen) atoms. The number of pyridine rings is 1. The molecule has 0 saturated heterocycles. The average molecular weight is 399 g/mol. The van der Waals surface area contributed by atoms with Crippen molar-refractivity contribution in [2.45, 2.75) is 33.5 Å². The molecule has 0 aliphatic heterocycles. The summed E-state index contributed by atoms with van der Waals surface area (Å²) in [5, 5.41) is 18.7. The van der Waals surface area contributed by atoms with Gasteiger partial charge < -0.3 is 16.0 Å². The van der Waals surface area contributed by atoms with E-state index in [9.17, 15) is 4.79 Å². The number of carbonyl (C=O) groups is 1. The number of aliphatic imine (C=N–C) groups is 1. The lowest BCUT2D eigenvalue weighted by atomic mass is 9.92. The molecule has 0 bridgehead atoms. The van der Waals surface area contributed by atoms with Crippen LogP contribution >= 0.6 is 11.6 Å². The van der Waals surface area contributed by atoms with Gasteiger partial charge in [-0.1, -0.05) is 38.4 Å². The Kier molecular flexibility index (Phi) is 7.36. The van der Waals surface area contributed by atoms with Crippen LogP contribution in [0, 0.1) is 16.9 Å². The van der Waals surface area contributed by atoms with Crippen LogP contribution in [0.2, 0.25) is 5.02 Å². The van der Waals surface area contributed by atoms with Crippen LogP contribution in [0.25, 0.3) is 0 Å². The van der Waals surface area contributed by atoms with Crippen molar-refractivity contribution in [3.8, 4) is 6.19 Å². The summed E-state index contributed by atoms with van der Waals surface area (Å²) in [6, 6.07) is 12.2. The van der Waals surface area contributed by atoms with Crippen LogP contribution in [-0.4, -0.2) is 23.0 Å². The molecule has 0 radical (unpaired) electrons. The Morgan fingerprint density at radius 3 is 2.50 bits per heavy atom. The van der Waals surface area contributed by atoms with Crippen molar-refractivity contribution in [1.82, 2.24) is 20.9 Å². The Bertz CT molecular complexity index is 853. The van der Waals surface area contributed by atoms with E-state index < -0.39 is 6.17 Å². The second kappa shape index (κ2) is 9.72. The summed E-state index contributed by atoms with van der Waals surface area (Å²) in [5.74, 6) is -0.00499. The molecule has 1 heterocycles. The molecule has 0 aliphatic rings. The van der Waals surface area contributed by atoms with Gasteiger partial charge in [-0.25, -0.2) is 0 Å². The molecule has 3 N–H and O–H groups in total. The average Bonchev–Trinajstić information content (AvgIpc) is 2.66. The first-order valence-electron chi connectivity index (χ1n) is 8.73. The van der Waals surface area contributed by atoms with E-state index in [1.807, 2.05) is 39.0 Å². The van der Waals surface area contributed by atoms with Gasteiger partial charge in [0.05, 0.1) is 12.2 Å². The monoisotopic (exact) mass is 398 g/mol. The van der Waals surface area contributed by atoms with Gasteiger partial charge in [0.25, 0.3) is 5.91 Å². The topological polar surface area (TPSA) is 102 Å². The fourth-order valence-corrected chi connectivity index (χ4v) is 2.40. The summed E-state index contributed by atoms with van der Waals surface area (Å²) in [4.78, 5) is 20.6. The smallest absolute Gasteiger partial charge is 0.252 e. The number of halogens is 1. The van der Waals surface area contributed by atoms with Crippen LogP contribution in [0.5, 0.6) is 0 Å². The van der Waals surface area contributed by atoms with Gasteiger partial charge in [-0.3, -0.25) is 9.78 Å². The van der Waals surface area contributed by atoms with Gasteiger partial charge in [-0.05, 0) is 36.4 Å². The Morgan fingerprint density at radius 1 is 1.21 bits per heavy atom. The van der Waals surface area contributed by atoms with Crippen molar-refractivity contribution in [1.29, 1.82) is 5.26 Å². The van der Waals surface area contributed by atoms with Crippen molar-refractivity contribution >= 4 is 23.5 Å². The molecule has 1 amide bonds. The summed E-state index contributed by atoms with van der Waals surface area (Å²) in [7, 11) is 0. The van der Waals surface area contributed by atoms with Gasteiger partial charge in [0.2, 0.25) is 12.2 Å². The van der Waals surface area contributed by atoms with Crippen LogP contribution in [0.1, 0.15) is 36.8 Å². The third-order valence-corrected chi connectivity index (χ3v) is 4.11. The zero-order chi connectivity index (χ0) is 20.6. The third kappa shape index (κ3) is 6.56.